The third kappa shape index (κ3) is 2.73. The third-order valence-electron chi connectivity index (χ3n) is 6.06. The summed E-state index contributed by atoms with van der Waals surface area (Å²) in [5.41, 5.74) is 3.15. The molecule has 7 nitrogen and oxygen atoms in total. The van der Waals surface area contributed by atoms with Gasteiger partial charge < -0.3 is 14.4 Å². The molecular formula is C21H22N6O. The highest BCUT2D eigenvalue weighted by atomic mass is 16.5. The van der Waals surface area contributed by atoms with Gasteiger partial charge in [0.1, 0.15) is 17.4 Å². The molecule has 142 valence electrons. The summed E-state index contributed by atoms with van der Waals surface area (Å²) in [7, 11) is 0. The normalized spacial score (nSPS) is 18.4. The Morgan fingerprint density at radius 1 is 1.07 bits per heavy atom. The van der Waals surface area contributed by atoms with Gasteiger partial charge in [-0.25, -0.2) is 9.97 Å². The van der Waals surface area contributed by atoms with Crippen molar-refractivity contribution >= 4 is 27.8 Å². The molecule has 0 atom stereocenters. The van der Waals surface area contributed by atoms with Crippen LogP contribution in [0.4, 0.5) is 5.82 Å². The minimum absolute atomic E-state index is 0.527. The van der Waals surface area contributed by atoms with Gasteiger partial charge in [0.05, 0.1) is 0 Å². The number of nitrogens with zero attached hydrogens (tertiary/aromatic N) is 5. The summed E-state index contributed by atoms with van der Waals surface area (Å²) in [4.78, 5) is 19.6. The molecule has 3 aromatic heterocycles. The summed E-state index contributed by atoms with van der Waals surface area (Å²) < 4.78 is 5.40. The highest BCUT2D eigenvalue weighted by molar-refractivity contribution is 6.08. The Kier molecular flexibility index (Phi) is 3.60. The first-order valence-electron chi connectivity index (χ1n) is 10.1. The van der Waals surface area contributed by atoms with E-state index in [0.29, 0.717) is 11.8 Å². The number of hydrogen-bond donors (Lipinski definition) is 1. The Hall–Kier alpha value is -2.96. The third-order valence-corrected chi connectivity index (χ3v) is 6.06. The average molecular weight is 374 g/mol. The van der Waals surface area contributed by atoms with Gasteiger partial charge in [0.2, 0.25) is 5.89 Å². The Morgan fingerprint density at radius 3 is 2.79 bits per heavy atom. The number of nitrogens with one attached hydrogen (secondary N) is 1. The van der Waals surface area contributed by atoms with Gasteiger partial charge in [-0.3, -0.25) is 0 Å². The van der Waals surface area contributed by atoms with Gasteiger partial charge in [-0.1, -0.05) is 23.4 Å². The van der Waals surface area contributed by atoms with Gasteiger partial charge in [0.15, 0.2) is 11.6 Å². The van der Waals surface area contributed by atoms with Crippen molar-refractivity contribution in [3.8, 4) is 0 Å². The fraction of sp³-hybridized carbons (Fsp3) is 0.429. The number of hydrogen-bond acceptors (Lipinski definition) is 6. The van der Waals surface area contributed by atoms with Gasteiger partial charge in [-0.15, -0.1) is 0 Å². The zero-order chi connectivity index (χ0) is 18.5. The van der Waals surface area contributed by atoms with Crippen LogP contribution < -0.4 is 4.90 Å². The number of aromatic amines is 1. The molecule has 0 bridgehead atoms. The molecule has 1 saturated carbocycles. The Bertz CT molecular complexity index is 1140. The lowest BCUT2D eigenvalue weighted by Gasteiger charge is -2.32. The van der Waals surface area contributed by atoms with Crippen molar-refractivity contribution in [1.29, 1.82) is 0 Å². The first kappa shape index (κ1) is 16.0. The van der Waals surface area contributed by atoms with Crippen LogP contribution in [0.1, 0.15) is 43.3 Å². The zero-order valence-corrected chi connectivity index (χ0v) is 15.6. The van der Waals surface area contributed by atoms with E-state index in [0.717, 1.165) is 71.8 Å². The van der Waals surface area contributed by atoms with Crippen LogP contribution in [-0.4, -0.2) is 38.2 Å². The molecule has 6 rings (SSSR count). The molecule has 1 N–H and O–H groups in total. The highest BCUT2D eigenvalue weighted by Crippen LogP contribution is 2.39. The maximum atomic E-state index is 5.40. The zero-order valence-electron chi connectivity index (χ0n) is 15.6. The van der Waals surface area contributed by atoms with E-state index in [2.05, 4.69) is 48.2 Å². The van der Waals surface area contributed by atoms with E-state index >= 15 is 0 Å². The van der Waals surface area contributed by atoms with Gasteiger partial charge in [0, 0.05) is 36.3 Å². The Labute approximate surface area is 162 Å². The van der Waals surface area contributed by atoms with Crippen LogP contribution in [0.2, 0.25) is 0 Å². The number of aromatic nitrogens is 5. The van der Waals surface area contributed by atoms with Crippen molar-refractivity contribution in [3.63, 3.8) is 0 Å². The minimum atomic E-state index is 0.527. The van der Waals surface area contributed by atoms with Gasteiger partial charge in [-0.05, 0) is 37.7 Å². The van der Waals surface area contributed by atoms with Crippen LogP contribution in [-0.2, 0) is 6.42 Å². The van der Waals surface area contributed by atoms with Crippen molar-refractivity contribution in [3.05, 3.63) is 42.3 Å². The van der Waals surface area contributed by atoms with E-state index in [1.54, 1.807) is 6.33 Å². The van der Waals surface area contributed by atoms with Crippen LogP contribution in [0.15, 0.2) is 35.1 Å². The topological polar surface area (TPSA) is 83.7 Å². The second kappa shape index (κ2) is 6.29. The molecule has 4 heterocycles. The van der Waals surface area contributed by atoms with Crippen LogP contribution in [0.3, 0.4) is 0 Å². The summed E-state index contributed by atoms with van der Waals surface area (Å²) in [6, 6.07) is 8.30. The molecule has 2 fully saturated rings. The molecule has 0 radical (unpaired) electrons. The first-order valence-corrected chi connectivity index (χ1v) is 10.1. The Morgan fingerprint density at radius 2 is 1.93 bits per heavy atom. The lowest BCUT2D eigenvalue weighted by molar-refractivity contribution is 0.358. The average Bonchev–Trinajstić information content (AvgIpc) is 3.36. The number of piperidine rings is 1. The second-order valence-corrected chi connectivity index (χ2v) is 8.05. The van der Waals surface area contributed by atoms with E-state index < -0.39 is 0 Å². The minimum Gasteiger partial charge on any atom is -0.355 e. The van der Waals surface area contributed by atoms with Crippen molar-refractivity contribution in [1.82, 2.24) is 25.1 Å². The smallest absolute Gasteiger partial charge is 0.229 e. The maximum absolute atomic E-state index is 5.40. The van der Waals surface area contributed by atoms with Crippen molar-refractivity contribution < 1.29 is 4.52 Å². The summed E-state index contributed by atoms with van der Waals surface area (Å²) in [6.45, 7) is 1.97. The van der Waals surface area contributed by atoms with E-state index in [4.69, 9.17) is 4.52 Å². The van der Waals surface area contributed by atoms with Crippen molar-refractivity contribution in [2.75, 3.05) is 18.0 Å². The largest absolute Gasteiger partial charge is 0.355 e. The molecule has 2 aliphatic rings. The number of rotatable bonds is 4. The first-order chi connectivity index (χ1) is 13.8. The van der Waals surface area contributed by atoms with Crippen LogP contribution in [0, 0.1) is 5.92 Å². The molecule has 1 saturated heterocycles. The highest BCUT2D eigenvalue weighted by Gasteiger charge is 2.30. The molecule has 0 amide bonds. The van der Waals surface area contributed by atoms with Gasteiger partial charge >= 0.3 is 0 Å². The predicted octanol–water partition coefficient (Wildman–Crippen LogP) is 3.83. The van der Waals surface area contributed by atoms with E-state index in [9.17, 15) is 0 Å². The van der Waals surface area contributed by atoms with E-state index in [1.165, 1.54) is 12.8 Å². The van der Waals surface area contributed by atoms with Crippen LogP contribution >= 0.6 is 0 Å². The number of benzene rings is 1. The van der Waals surface area contributed by atoms with E-state index in [-0.39, 0.29) is 0 Å². The fourth-order valence-electron chi connectivity index (χ4n) is 4.32. The molecule has 1 aromatic carbocycles. The number of para-hydroxylation sites is 1. The molecule has 1 aliphatic carbocycles. The van der Waals surface area contributed by atoms with Gasteiger partial charge in [-0.2, -0.15) is 4.98 Å². The number of H-pyrrole nitrogens is 1. The Balaban J connectivity index is 1.19. The fourth-order valence-corrected chi connectivity index (χ4v) is 4.32. The summed E-state index contributed by atoms with van der Waals surface area (Å²) in [5, 5.41) is 5.34. The molecule has 1 aliphatic heterocycles. The van der Waals surface area contributed by atoms with Crippen molar-refractivity contribution in [2.24, 2.45) is 5.92 Å². The molecule has 0 spiro atoms. The lowest BCUT2D eigenvalue weighted by Crippen LogP contribution is -2.35. The monoisotopic (exact) mass is 374 g/mol. The molecule has 28 heavy (non-hydrogen) atoms. The number of fused-ring (bicyclic) bond motifs is 3. The summed E-state index contributed by atoms with van der Waals surface area (Å²) >= 11 is 0. The van der Waals surface area contributed by atoms with Crippen molar-refractivity contribution in [2.45, 2.75) is 38.0 Å². The molecule has 4 aromatic rings. The second-order valence-electron chi connectivity index (χ2n) is 8.05. The number of anilines is 1. The van der Waals surface area contributed by atoms with Gasteiger partial charge in [0.25, 0.3) is 0 Å². The SMILES string of the molecule is c1ccc2c(c1)[nH]c1c(N3CCC(Cc4noc(C5CC5)n4)CC3)ncnc12. The van der Waals surface area contributed by atoms with Crippen LogP contribution in [0.5, 0.6) is 0 Å². The molecule has 0 unspecified atom stereocenters. The standard InChI is InChI=1S/C21H22N6O/c1-2-4-16-15(3-1)18-19(24-16)20(23-12-22-18)27-9-7-13(8-10-27)11-17-25-21(28-26-17)14-5-6-14/h1-4,12-14,24H,5-11H2. The molecule has 7 heteroatoms. The quantitative estimate of drug-likeness (QED) is 0.584. The molecular weight excluding hydrogens is 352 g/mol. The lowest BCUT2D eigenvalue weighted by atomic mass is 9.93. The van der Waals surface area contributed by atoms with Crippen LogP contribution in [0.25, 0.3) is 21.9 Å². The predicted molar refractivity (Wildman–Crippen MR) is 106 cm³/mol. The summed E-state index contributed by atoms with van der Waals surface area (Å²) in [5.74, 6) is 3.85. The summed E-state index contributed by atoms with van der Waals surface area (Å²) in [6.07, 6.45) is 7.21. The maximum Gasteiger partial charge on any atom is 0.229 e. The van der Waals surface area contributed by atoms with E-state index in [1.807, 2.05) is 6.07 Å².